The van der Waals surface area contributed by atoms with E-state index >= 15 is 0 Å². The number of benzene rings is 1. The summed E-state index contributed by atoms with van der Waals surface area (Å²) in [5.41, 5.74) is 4.21. The van der Waals surface area contributed by atoms with Gasteiger partial charge in [-0.05, 0) is 34.1 Å². The minimum absolute atomic E-state index is 0.103. The molecule has 1 aromatic carbocycles. The maximum absolute atomic E-state index is 12.1. The van der Waals surface area contributed by atoms with Gasteiger partial charge in [0.15, 0.2) is 0 Å². The summed E-state index contributed by atoms with van der Waals surface area (Å²) in [7, 11) is -4.01. The van der Waals surface area contributed by atoms with Crippen LogP contribution in [0.4, 0.5) is 5.69 Å². The van der Waals surface area contributed by atoms with E-state index in [1.54, 1.807) is 0 Å². The second kappa shape index (κ2) is 6.16. The number of hydrogen-bond acceptors (Lipinski definition) is 6. The van der Waals surface area contributed by atoms with Gasteiger partial charge in [0.1, 0.15) is 5.54 Å². The van der Waals surface area contributed by atoms with Crippen LogP contribution in [0.5, 0.6) is 0 Å². The van der Waals surface area contributed by atoms with Crippen LogP contribution in [0.2, 0.25) is 0 Å². The standard InChI is InChI=1S/C10H15BrN2O5S/c11-8-3-7(1-2-9(8)12)19(17,18)13-10(4-14,5-15)6-16/h1-3,13-16H,4-6,12H2. The van der Waals surface area contributed by atoms with E-state index in [1.807, 2.05) is 0 Å². The van der Waals surface area contributed by atoms with E-state index in [4.69, 9.17) is 21.1 Å². The van der Waals surface area contributed by atoms with Crippen molar-refractivity contribution in [2.24, 2.45) is 0 Å². The van der Waals surface area contributed by atoms with E-state index in [0.29, 0.717) is 10.2 Å². The third kappa shape index (κ3) is 3.65. The van der Waals surface area contributed by atoms with E-state index in [0.717, 1.165) is 0 Å². The van der Waals surface area contributed by atoms with Crippen LogP contribution in [-0.4, -0.2) is 49.1 Å². The number of nitrogens with one attached hydrogen (secondary N) is 1. The first-order valence-corrected chi connectivity index (χ1v) is 7.49. The van der Waals surface area contributed by atoms with Crippen molar-refractivity contribution in [3.63, 3.8) is 0 Å². The monoisotopic (exact) mass is 354 g/mol. The maximum atomic E-state index is 12.1. The highest BCUT2D eigenvalue weighted by molar-refractivity contribution is 9.10. The quantitative estimate of drug-likeness (QED) is 0.417. The lowest BCUT2D eigenvalue weighted by Crippen LogP contribution is -2.56. The first-order chi connectivity index (χ1) is 8.80. The van der Waals surface area contributed by atoms with Crippen molar-refractivity contribution in [3.05, 3.63) is 22.7 Å². The smallest absolute Gasteiger partial charge is 0.241 e. The molecule has 0 fully saturated rings. The van der Waals surface area contributed by atoms with Crippen molar-refractivity contribution in [1.29, 1.82) is 0 Å². The van der Waals surface area contributed by atoms with Crippen LogP contribution in [0.25, 0.3) is 0 Å². The molecule has 108 valence electrons. The second-order valence-electron chi connectivity index (χ2n) is 4.04. The first-order valence-electron chi connectivity index (χ1n) is 5.22. The van der Waals surface area contributed by atoms with E-state index in [9.17, 15) is 8.42 Å². The number of hydrogen-bond donors (Lipinski definition) is 5. The van der Waals surface area contributed by atoms with Crippen LogP contribution in [0.15, 0.2) is 27.6 Å². The third-order valence-electron chi connectivity index (χ3n) is 2.54. The van der Waals surface area contributed by atoms with E-state index < -0.39 is 35.4 Å². The number of nitrogen functional groups attached to an aromatic ring is 1. The van der Waals surface area contributed by atoms with Gasteiger partial charge in [-0.3, -0.25) is 0 Å². The van der Waals surface area contributed by atoms with Gasteiger partial charge in [-0.1, -0.05) is 0 Å². The highest BCUT2D eigenvalue weighted by Crippen LogP contribution is 2.23. The Morgan fingerprint density at radius 2 is 1.74 bits per heavy atom. The summed E-state index contributed by atoms with van der Waals surface area (Å²) < 4.78 is 26.6. The lowest BCUT2D eigenvalue weighted by molar-refractivity contribution is 0.0582. The van der Waals surface area contributed by atoms with E-state index in [2.05, 4.69) is 20.7 Å². The molecule has 0 atom stereocenters. The molecule has 0 bridgehead atoms. The molecular formula is C10H15BrN2O5S. The fraction of sp³-hybridized carbons (Fsp3) is 0.400. The molecule has 0 aliphatic heterocycles. The number of halogens is 1. The summed E-state index contributed by atoms with van der Waals surface area (Å²) in [5.74, 6) is 0. The maximum Gasteiger partial charge on any atom is 0.241 e. The van der Waals surface area contributed by atoms with Gasteiger partial charge in [0.05, 0.1) is 24.7 Å². The number of aliphatic hydroxyl groups is 3. The Kier molecular flexibility index (Phi) is 5.30. The van der Waals surface area contributed by atoms with Crippen molar-refractivity contribution >= 4 is 31.6 Å². The highest BCUT2D eigenvalue weighted by atomic mass is 79.9. The van der Waals surface area contributed by atoms with Crippen LogP contribution in [0, 0.1) is 0 Å². The summed E-state index contributed by atoms with van der Waals surface area (Å²) in [6, 6.07) is 3.96. The molecular weight excluding hydrogens is 340 g/mol. The summed E-state index contributed by atoms with van der Waals surface area (Å²) in [5, 5.41) is 27.3. The van der Waals surface area contributed by atoms with Gasteiger partial charge in [0.25, 0.3) is 0 Å². The summed E-state index contributed by atoms with van der Waals surface area (Å²) in [6.07, 6.45) is 0. The van der Waals surface area contributed by atoms with Crippen LogP contribution in [-0.2, 0) is 10.0 Å². The van der Waals surface area contributed by atoms with Gasteiger partial charge in [-0.25, -0.2) is 8.42 Å². The number of sulfonamides is 1. The molecule has 0 spiro atoms. The normalized spacial score (nSPS) is 12.6. The molecule has 1 rings (SSSR count). The number of aliphatic hydroxyl groups excluding tert-OH is 3. The van der Waals surface area contributed by atoms with Crippen LogP contribution in [0.1, 0.15) is 0 Å². The van der Waals surface area contributed by atoms with Gasteiger partial charge in [0, 0.05) is 10.2 Å². The number of rotatable bonds is 6. The SMILES string of the molecule is Nc1ccc(S(=O)(=O)NC(CO)(CO)CO)cc1Br. The lowest BCUT2D eigenvalue weighted by atomic mass is 10.1. The lowest BCUT2D eigenvalue weighted by Gasteiger charge is -2.28. The molecule has 0 aliphatic rings. The molecule has 0 heterocycles. The molecule has 0 radical (unpaired) electrons. The molecule has 19 heavy (non-hydrogen) atoms. The second-order valence-corrected chi connectivity index (χ2v) is 6.58. The zero-order chi connectivity index (χ0) is 14.7. The fourth-order valence-electron chi connectivity index (χ4n) is 1.27. The Bertz CT molecular complexity index is 537. The van der Waals surface area contributed by atoms with Crippen molar-refractivity contribution in [3.8, 4) is 0 Å². The largest absolute Gasteiger partial charge is 0.398 e. The third-order valence-corrected chi connectivity index (χ3v) is 4.80. The fourth-order valence-corrected chi connectivity index (χ4v) is 3.20. The number of anilines is 1. The molecule has 0 saturated heterocycles. The molecule has 0 aromatic heterocycles. The minimum atomic E-state index is -4.01. The zero-order valence-corrected chi connectivity index (χ0v) is 12.3. The van der Waals surface area contributed by atoms with Crippen LogP contribution < -0.4 is 10.5 Å². The van der Waals surface area contributed by atoms with Crippen LogP contribution >= 0.6 is 15.9 Å². The van der Waals surface area contributed by atoms with Crippen molar-refractivity contribution in [2.75, 3.05) is 25.6 Å². The summed E-state index contributed by atoms with van der Waals surface area (Å²) in [4.78, 5) is -0.103. The Morgan fingerprint density at radius 3 is 2.16 bits per heavy atom. The van der Waals surface area contributed by atoms with Gasteiger partial charge in [-0.15, -0.1) is 0 Å². The Hall–Kier alpha value is -0.710. The minimum Gasteiger partial charge on any atom is -0.398 e. The Labute approximate surface area is 119 Å². The number of nitrogens with two attached hydrogens (primary N) is 1. The average Bonchev–Trinajstić information content (AvgIpc) is 2.39. The predicted octanol–water partition coefficient (Wildman–Crippen LogP) is -0.975. The van der Waals surface area contributed by atoms with E-state index in [1.165, 1.54) is 18.2 Å². The molecule has 7 nitrogen and oxygen atoms in total. The summed E-state index contributed by atoms with van der Waals surface area (Å²) >= 11 is 3.10. The average molecular weight is 355 g/mol. The molecule has 6 N–H and O–H groups in total. The highest BCUT2D eigenvalue weighted by Gasteiger charge is 2.34. The molecule has 0 saturated carbocycles. The summed E-state index contributed by atoms with van der Waals surface area (Å²) in [6.45, 7) is -2.22. The molecule has 0 amide bonds. The first kappa shape index (κ1) is 16.3. The molecule has 9 heteroatoms. The molecule has 1 aromatic rings. The Balaban J connectivity index is 3.14. The van der Waals surface area contributed by atoms with Gasteiger partial charge in [0.2, 0.25) is 10.0 Å². The topological polar surface area (TPSA) is 133 Å². The van der Waals surface area contributed by atoms with Crippen LogP contribution in [0.3, 0.4) is 0 Å². The molecule has 0 aliphatic carbocycles. The van der Waals surface area contributed by atoms with Gasteiger partial charge >= 0.3 is 0 Å². The van der Waals surface area contributed by atoms with Gasteiger partial charge < -0.3 is 21.1 Å². The Morgan fingerprint density at radius 1 is 1.21 bits per heavy atom. The molecule has 0 unspecified atom stereocenters. The van der Waals surface area contributed by atoms with Crippen molar-refractivity contribution in [2.45, 2.75) is 10.4 Å². The predicted molar refractivity (Wildman–Crippen MR) is 72.9 cm³/mol. The zero-order valence-electron chi connectivity index (χ0n) is 9.88. The van der Waals surface area contributed by atoms with E-state index in [-0.39, 0.29) is 4.90 Å². The van der Waals surface area contributed by atoms with Crippen molar-refractivity contribution < 1.29 is 23.7 Å². The van der Waals surface area contributed by atoms with Crippen molar-refractivity contribution in [1.82, 2.24) is 4.72 Å². The van der Waals surface area contributed by atoms with Gasteiger partial charge in [-0.2, -0.15) is 4.72 Å².